The highest BCUT2D eigenvalue weighted by Crippen LogP contribution is 2.48. The Morgan fingerprint density at radius 2 is 0.656 bits per heavy atom. The van der Waals surface area contributed by atoms with Crippen LogP contribution in [0, 0.1) is 0 Å². The second kappa shape index (κ2) is 13.3. The largest absolute Gasteiger partial charge is 0.311 e. The fourth-order valence-corrected chi connectivity index (χ4v) is 10.4. The molecule has 2 aliphatic heterocycles. The Kier molecular flexibility index (Phi) is 7.43. The summed E-state index contributed by atoms with van der Waals surface area (Å²) in [6.07, 6.45) is 0. The highest BCUT2D eigenvalue weighted by molar-refractivity contribution is 7.00. The van der Waals surface area contributed by atoms with Crippen LogP contribution in [-0.2, 0) is 0 Å². The predicted octanol–water partition coefficient (Wildman–Crippen LogP) is 13.7. The van der Waals surface area contributed by atoms with Gasteiger partial charge in [0.15, 0.2) is 0 Å². The number of benzene rings is 11. The summed E-state index contributed by atoms with van der Waals surface area (Å²) >= 11 is 0. The van der Waals surface area contributed by atoms with E-state index in [1.165, 1.54) is 104 Å². The summed E-state index contributed by atoms with van der Waals surface area (Å²) in [5.74, 6) is 0. The topological polar surface area (TPSA) is 6.48 Å². The quantitative estimate of drug-likeness (QED) is 0.130. The van der Waals surface area contributed by atoms with Gasteiger partial charge in [0, 0.05) is 34.1 Å². The number of hydrogen-bond acceptors (Lipinski definition) is 2. The maximum atomic E-state index is 2.54. The van der Waals surface area contributed by atoms with Crippen molar-refractivity contribution >= 4 is 100 Å². The summed E-state index contributed by atoms with van der Waals surface area (Å²) in [7, 11) is 0. The molecule has 0 aromatic heterocycles. The maximum absolute atomic E-state index is 2.54. The van der Waals surface area contributed by atoms with Crippen LogP contribution in [0.15, 0.2) is 224 Å². The monoisotopic (exact) mass is 772 g/mol. The molecule has 282 valence electrons. The van der Waals surface area contributed by atoms with Crippen LogP contribution in [0.2, 0.25) is 0 Å². The molecule has 0 radical (unpaired) electrons. The molecule has 0 spiro atoms. The molecule has 11 aromatic carbocycles. The van der Waals surface area contributed by atoms with Crippen LogP contribution in [0.3, 0.4) is 0 Å². The van der Waals surface area contributed by atoms with Crippen molar-refractivity contribution in [3.8, 4) is 22.3 Å². The van der Waals surface area contributed by atoms with Crippen molar-refractivity contribution in [3.05, 3.63) is 224 Å². The van der Waals surface area contributed by atoms with Crippen molar-refractivity contribution in [1.82, 2.24) is 0 Å². The first-order chi connectivity index (χ1) is 30.2. The fourth-order valence-electron chi connectivity index (χ4n) is 10.4. The van der Waals surface area contributed by atoms with Crippen molar-refractivity contribution in [2.24, 2.45) is 0 Å². The van der Waals surface area contributed by atoms with E-state index in [2.05, 4.69) is 234 Å². The molecule has 0 fully saturated rings. The average molecular weight is 773 g/mol. The van der Waals surface area contributed by atoms with Crippen LogP contribution in [0.25, 0.3) is 65.3 Å². The molecule has 0 atom stereocenters. The van der Waals surface area contributed by atoms with E-state index in [0.29, 0.717) is 0 Å². The Morgan fingerprint density at radius 1 is 0.262 bits per heavy atom. The lowest BCUT2D eigenvalue weighted by molar-refractivity contribution is 1.26. The molecule has 0 bridgehead atoms. The number of anilines is 6. The van der Waals surface area contributed by atoms with E-state index in [1.807, 2.05) is 0 Å². The van der Waals surface area contributed by atoms with E-state index in [4.69, 9.17) is 0 Å². The SMILES string of the molecule is c1ccc(-c2ccc(-c3cc4c5c(c3)N(c3ccccc3)c3cc6c(ccc7ccccc76)cc3B5c3cc5ccc6ccccc6c5cc3N4c3ccccc3)cc2)cc1. The van der Waals surface area contributed by atoms with E-state index in [9.17, 15) is 0 Å². The van der Waals surface area contributed by atoms with Gasteiger partial charge in [-0.2, -0.15) is 0 Å². The molecule has 61 heavy (non-hydrogen) atoms. The first kappa shape index (κ1) is 34.0. The van der Waals surface area contributed by atoms with Crippen LogP contribution in [0.5, 0.6) is 0 Å². The fraction of sp³-hybridized carbons (Fsp3) is 0. The van der Waals surface area contributed by atoms with Crippen LogP contribution < -0.4 is 26.2 Å². The normalized spacial score (nSPS) is 12.8. The van der Waals surface area contributed by atoms with E-state index in [-0.39, 0.29) is 6.71 Å². The summed E-state index contributed by atoms with van der Waals surface area (Å²) < 4.78 is 0. The zero-order chi connectivity index (χ0) is 40.0. The van der Waals surface area contributed by atoms with E-state index in [1.54, 1.807) is 0 Å². The Bertz CT molecular complexity index is 3340. The number of hydrogen-bond donors (Lipinski definition) is 0. The Labute approximate surface area is 355 Å². The van der Waals surface area contributed by atoms with Gasteiger partial charge in [0.2, 0.25) is 0 Å². The molecular weight excluding hydrogens is 735 g/mol. The lowest BCUT2D eigenvalue weighted by atomic mass is 9.33. The molecule has 11 aromatic rings. The van der Waals surface area contributed by atoms with Crippen molar-refractivity contribution in [1.29, 1.82) is 0 Å². The molecule has 0 saturated carbocycles. The van der Waals surface area contributed by atoms with Crippen molar-refractivity contribution < 1.29 is 0 Å². The molecule has 0 N–H and O–H groups in total. The van der Waals surface area contributed by atoms with Crippen LogP contribution in [-0.4, -0.2) is 6.71 Å². The second-order valence-electron chi connectivity index (χ2n) is 16.5. The maximum Gasteiger partial charge on any atom is 0.252 e. The van der Waals surface area contributed by atoms with E-state index < -0.39 is 0 Å². The second-order valence-corrected chi connectivity index (χ2v) is 16.5. The van der Waals surface area contributed by atoms with Gasteiger partial charge in [-0.05, 0) is 130 Å². The number of fused-ring (bicyclic) bond motifs is 10. The highest BCUT2D eigenvalue weighted by atomic mass is 15.2. The van der Waals surface area contributed by atoms with E-state index in [0.717, 1.165) is 11.4 Å². The molecule has 0 amide bonds. The van der Waals surface area contributed by atoms with Gasteiger partial charge in [0.1, 0.15) is 0 Å². The Balaban J connectivity index is 1.16. The van der Waals surface area contributed by atoms with Gasteiger partial charge in [0.25, 0.3) is 6.71 Å². The lowest BCUT2D eigenvalue weighted by Gasteiger charge is -2.44. The zero-order valence-corrected chi connectivity index (χ0v) is 33.3. The van der Waals surface area contributed by atoms with Crippen molar-refractivity contribution in [2.45, 2.75) is 0 Å². The highest BCUT2D eigenvalue weighted by Gasteiger charge is 2.44. The minimum Gasteiger partial charge on any atom is -0.311 e. The molecular formula is C58H37BN2. The third-order valence-electron chi connectivity index (χ3n) is 13.1. The number of para-hydroxylation sites is 2. The molecule has 0 aliphatic carbocycles. The third kappa shape index (κ3) is 5.24. The summed E-state index contributed by atoms with van der Waals surface area (Å²) in [5, 5.41) is 10.1. The van der Waals surface area contributed by atoms with Gasteiger partial charge in [-0.15, -0.1) is 0 Å². The Hall–Kier alpha value is -7.88. The lowest BCUT2D eigenvalue weighted by Crippen LogP contribution is -2.61. The van der Waals surface area contributed by atoms with Crippen molar-refractivity contribution in [2.75, 3.05) is 9.80 Å². The summed E-state index contributed by atoms with van der Waals surface area (Å²) in [6, 6.07) is 83.3. The van der Waals surface area contributed by atoms with Gasteiger partial charge in [-0.3, -0.25) is 0 Å². The third-order valence-corrected chi connectivity index (χ3v) is 13.1. The summed E-state index contributed by atoms with van der Waals surface area (Å²) in [6.45, 7) is -0.0174. The molecule has 2 aliphatic rings. The summed E-state index contributed by atoms with van der Waals surface area (Å²) in [5.41, 5.74) is 15.9. The van der Waals surface area contributed by atoms with Gasteiger partial charge < -0.3 is 9.80 Å². The standard InChI is InChI=1S/C58H37BN2/c1-4-14-38(15-5-1)39-24-26-40(27-25-39)45-34-56-58-57(35-45)61(47-20-8-3-9-21-47)55-37-51-44(31-29-42-17-11-13-23-49(42)51)33-53(55)59(58)52-32-43-30-28-41-16-10-12-22-48(41)50(43)36-54(52)60(56)46-18-6-2-7-19-46/h1-37H. The van der Waals surface area contributed by atoms with E-state index >= 15 is 0 Å². The average Bonchev–Trinajstić information content (AvgIpc) is 3.33. The van der Waals surface area contributed by atoms with Crippen molar-refractivity contribution in [3.63, 3.8) is 0 Å². The first-order valence-electron chi connectivity index (χ1n) is 21.2. The molecule has 0 saturated heterocycles. The first-order valence-corrected chi connectivity index (χ1v) is 21.2. The molecule has 0 unspecified atom stereocenters. The Morgan fingerprint density at radius 3 is 1.15 bits per heavy atom. The predicted molar refractivity (Wildman–Crippen MR) is 261 cm³/mol. The number of rotatable bonds is 4. The molecule has 13 rings (SSSR count). The smallest absolute Gasteiger partial charge is 0.252 e. The van der Waals surface area contributed by atoms with Gasteiger partial charge in [0.05, 0.1) is 0 Å². The molecule has 3 heteroatoms. The summed E-state index contributed by atoms with van der Waals surface area (Å²) in [4.78, 5) is 5.08. The van der Waals surface area contributed by atoms with Gasteiger partial charge in [-0.1, -0.05) is 176 Å². The van der Waals surface area contributed by atoms with Gasteiger partial charge >= 0.3 is 0 Å². The number of nitrogens with zero attached hydrogens (tertiary/aromatic N) is 2. The van der Waals surface area contributed by atoms with Crippen LogP contribution in [0.4, 0.5) is 34.1 Å². The molecule has 2 nitrogen and oxygen atoms in total. The minimum atomic E-state index is -0.0174. The zero-order valence-electron chi connectivity index (χ0n) is 33.3. The van der Waals surface area contributed by atoms with Crippen LogP contribution >= 0.6 is 0 Å². The minimum absolute atomic E-state index is 0.0174. The molecule has 2 heterocycles. The van der Waals surface area contributed by atoms with Crippen LogP contribution in [0.1, 0.15) is 0 Å². The van der Waals surface area contributed by atoms with Gasteiger partial charge in [-0.25, -0.2) is 0 Å².